The smallest absolute Gasteiger partial charge is 0.326 e. The normalized spacial score (nSPS) is 24.4. The van der Waals surface area contributed by atoms with Crippen molar-refractivity contribution in [3.05, 3.63) is 0 Å². The molecule has 0 aliphatic heterocycles. The van der Waals surface area contributed by atoms with Gasteiger partial charge in [0.1, 0.15) is 6.04 Å². The summed E-state index contributed by atoms with van der Waals surface area (Å²) in [5.41, 5.74) is 0.298. The number of aliphatic carboxylic acids is 1. The number of amides is 1. The molecule has 1 fully saturated rings. The number of hydrogen-bond acceptors (Lipinski definition) is 2. The second-order valence-corrected chi connectivity index (χ2v) is 7.46. The van der Waals surface area contributed by atoms with Crippen molar-refractivity contribution in [3.8, 4) is 0 Å². The summed E-state index contributed by atoms with van der Waals surface area (Å²) in [6, 6.07) is -0.724. The molecule has 0 aromatic heterocycles. The zero-order valence-electron chi connectivity index (χ0n) is 13.9. The Morgan fingerprint density at radius 2 is 1.76 bits per heavy atom. The predicted octanol–water partition coefficient (Wildman–Crippen LogP) is 3.60. The van der Waals surface area contributed by atoms with Gasteiger partial charge >= 0.3 is 5.97 Å². The van der Waals surface area contributed by atoms with Crippen LogP contribution in [0.4, 0.5) is 0 Å². The van der Waals surface area contributed by atoms with Crippen LogP contribution in [0.1, 0.15) is 72.6 Å². The highest BCUT2D eigenvalue weighted by Crippen LogP contribution is 2.39. The van der Waals surface area contributed by atoms with Crippen LogP contribution >= 0.6 is 0 Å². The highest BCUT2D eigenvalue weighted by atomic mass is 16.4. The summed E-state index contributed by atoms with van der Waals surface area (Å²) in [5, 5.41) is 11.9. The molecule has 1 saturated carbocycles. The van der Waals surface area contributed by atoms with Crippen molar-refractivity contribution in [3.63, 3.8) is 0 Å². The van der Waals surface area contributed by atoms with Crippen LogP contribution in [0.3, 0.4) is 0 Å². The van der Waals surface area contributed by atoms with Crippen LogP contribution < -0.4 is 5.32 Å². The largest absolute Gasteiger partial charge is 0.480 e. The average molecular weight is 297 g/mol. The molecule has 1 rings (SSSR count). The van der Waals surface area contributed by atoms with Gasteiger partial charge in [-0.2, -0.15) is 0 Å². The third kappa shape index (κ3) is 5.68. The van der Waals surface area contributed by atoms with E-state index < -0.39 is 12.0 Å². The number of carboxylic acid groups (broad SMARTS) is 1. The summed E-state index contributed by atoms with van der Waals surface area (Å²) in [6.45, 7) is 8.78. The maximum Gasteiger partial charge on any atom is 0.326 e. The number of hydrogen-bond donors (Lipinski definition) is 2. The van der Waals surface area contributed by atoms with Crippen LogP contribution in [0.2, 0.25) is 0 Å². The second kappa shape index (κ2) is 7.81. The van der Waals surface area contributed by atoms with E-state index in [4.69, 9.17) is 0 Å². The van der Waals surface area contributed by atoms with E-state index in [1.807, 2.05) is 6.92 Å². The molecule has 0 spiro atoms. The first kappa shape index (κ1) is 18.0. The summed E-state index contributed by atoms with van der Waals surface area (Å²) in [5.74, 6) is -0.324. The molecule has 2 N–H and O–H groups in total. The lowest BCUT2D eigenvalue weighted by Crippen LogP contribution is -2.44. The summed E-state index contributed by atoms with van der Waals surface area (Å²) in [7, 11) is 0. The highest BCUT2D eigenvalue weighted by Gasteiger charge is 2.33. The topological polar surface area (TPSA) is 66.4 Å². The quantitative estimate of drug-likeness (QED) is 0.787. The average Bonchev–Trinajstić information content (AvgIpc) is 2.42. The van der Waals surface area contributed by atoms with Gasteiger partial charge < -0.3 is 10.4 Å². The first-order valence-electron chi connectivity index (χ1n) is 8.28. The van der Waals surface area contributed by atoms with Crippen molar-refractivity contribution < 1.29 is 14.7 Å². The zero-order valence-corrected chi connectivity index (χ0v) is 13.9. The van der Waals surface area contributed by atoms with Gasteiger partial charge in [-0.25, -0.2) is 4.79 Å². The summed E-state index contributed by atoms with van der Waals surface area (Å²) in [6.07, 6.45) is 6.18. The van der Waals surface area contributed by atoms with Crippen LogP contribution in [0.5, 0.6) is 0 Å². The molecule has 1 amide bonds. The van der Waals surface area contributed by atoms with Crippen LogP contribution in [0.15, 0.2) is 0 Å². The fourth-order valence-electron chi connectivity index (χ4n) is 3.18. The molecule has 0 heterocycles. The maximum absolute atomic E-state index is 12.3. The Labute approximate surface area is 128 Å². The number of rotatable bonds is 6. The van der Waals surface area contributed by atoms with E-state index in [9.17, 15) is 14.7 Å². The van der Waals surface area contributed by atoms with Gasteiger partial charge in [-0.15, -0.1) is 0 Å². The van der Waals surface area contributed by atoms with Gasteiger partial charge in [0.2, 0.25) is 5.91 Å². The molecule has 122 valence electrons. The summed E-state index contributed by atoms with van der Waals surface area (Å²) in [4.78, 5) is 23.5. The highest BCUT2D eigenvalue weighted by molar-refractivity contribution is 5.84. The fourth-order valence-corrected chi connectivity index (χ4v) is 3.18. The molecule has 1 atom stereocenters. The molecule has 1 aliphatic carbocycles. The predicted molar refractivity (Wildman–Crippen MR) is 84.0 cm³/mol. The van der Waals surface area contributed by atoms with Crippen LogP contribution in [-0.2, 0) is 9.59 Å². The Morgan fingerprint density at radius 3 is 2.19 bits per heavy atom. The minimum Gasteiger partial charge on any atom is -0.480 e. The Hall–Kier alpha value is -1.06. The lowest BCUT2D eigenvalue weighted by Gasteiger charge is -2.36. The van der Waals surface area contributed by atoms with Gasteiger partial charge in [-0.1, -0.05) is 40.5 Å². The number of carbonyl (C=O) groups excluding carboxylic acids is 1. The van der Waals surface area contributed by atoms with Gasteiger partial charge in [-0.05, 0) is 43.4 Å². The van der Waals surface area contributed by atoms with E-state index in [0.717, 1.165) is 38.5 Å². The molecular weight excluding hydrogens is 266 g/mol. The summed E-state index contributed by atoms with van der Waals surface area (Å²) >= 11 is 0. The molecule has 4 heteroatoms. The molecule has 0 aromatic rings. The molecule has 0 bridgehead atoms. The van der Waals surface area contributed by atoms with E-state index in [1.165, 1.54) is 0 Å². The zero-order chi connectivity index (χ0) is 16.0. The molecule has 4 nitrogen and oxygen atoms in total. The van der Waals surface area contributed by atoms with E-state index in [2.05, 4.69) is 26.1 Å². The Bertz CT molecular complexity index is 352. The van der Waals surface area contributed by atoms with Gasteiger partial charge in [0.05, 0.1) is 0 Å². The van der Waals surface area contributed by atoms with E-state index in [1.54, 1.807) is 0 Å². The van der Waals surface area contributed by atoms with Crippen molar-refractivity contribution in [1.82, 2.24) is 5.32 Å². The third-order valence-corrected chi connectivity index (χ3v) is 4.78. The molecular formula is C17H31NO3. The van der Waals surface area contributed by atoms with E-state index in [-0.39, 0.29) is 11.8 Å². The number of carbonyl (C=O) groups is 2. The molecule has 1 unspecified atom stereocenters. The lowest BCUT2D eigenvalue weighted by molar-refractivity contribution is -0.143. The Morgan fingerprint density at radius 1 is 1.19 bits per heavy atom. The Balaban J connectivity index is 2.47. The van der Waals surface area contributed by atoms with Crippen LogP contribution in [-0.4, -0.2) is 23.0 Å². The van der Waals surface area contributed by atoms with Crippen LogP contribution in [0, 0.1) is 17.3 Å². The number of unbranched alkanes of at least 4 members (excludes halogenated alkanes) is 1. The first-order valence-corrected chi connectivity index (χ1v) is 8.28. The van der Waals surface area contributed by atoms with Crippen molar-refractivity contribution >= 4 is 11.9 Å². The SMILES string of the molecule is CCCCC(NC(=O)C1CCC(C(C)(C)C)CC1)C(=O)O. The fraction of sp³-hybridized carbons (Fsp3) is 0.882. The van der Waals surface area contributed by atoms with Crippen molar-refractivity contribution in [1.29, 1.82) is 0 Å². The number of nitrogens with one attached hydrogen (secondary N) is 1. The van der Waals surface area contributed by atoms with E-state index >= 15 is 0 Å². The van der Waals surface area contributed by atoms with Crippen LogP contribution in [0.25, 0.3) is 0 Å². The van der Waals surface area contributed by atoms with Gasteiger partial charge in [0.25, 0.3) is 0 Å². The van der Waals surface area contributed by atoms with Crippen molar-refractivity contribution in [2.75, 3.05) is 0 Å². The summed E-state index contributed by atoms with van der Waals surface area (Å²) < 4.78 is 0. The third-order valence-electron chi connectivity index (χ3n) is 4.78. The van der Waals surface area contributed by atoms with Gasteiger partial charge in [-0.3, -0.25) is 4.79 Å². The van der Waals surface area contributed by atoms with Crippen molar-refractivity contribution in [2.24, 2.45) is 17.3 Å². The first-order chi connectivity index (χ1) is 9.75. The monoisotopic (exact) mass is 297 g/mol. The Kier molecular flexibility index (Phi) is 6.69. The minimum absolute atomic E-state index is 0.00734. The second-order valence-electron chi connectivity index (χ2n) is 7.46. The number of carboxylic acids is 1. The standard InChI is InChI=1S/C17H31NO3/c1-5-6-7-14(16(20)21)18-15(19)12-8-10-13(11-9-12)17(2,3)4/h12-14H,5-11H2,1-4H3,(H,18,19)(H,20,21). The molecule has 0 saturated heterocycles. The maximum atomic E-state index is 12.3. The molecule has 1 aliphatic rings. The lowest BCUT2D eigenvalue weighted by atomic mass is 9.69. The molecule has 0 radical (unpaired) electrons. The van der Waals surface area contributed by atoms with Gasteiger partial charge in [0.15, 0.2) is 0 Å². The van der Waals surface area contributed by atoms with Gasteiger partial charge in [0, 0.05) is 5.92 Å². The van der Waals surface area contributed by atoms with Crippen molar-refractivity contribution in [2.45, 2.75) is 78.7 Å². The molecule has 21 heavy (non-hydrogen) atoms. The molecule has 0 aromatic carbocycles. The van der Waals surface area contributed by atoms with E-state index in [0.29, 0.717) is 17.8 Å². The minimum atomic E-state index is -0.917.